The lowest BCUT2D eigenvalue weighted by atomic mass is 10.1. The van der Waals surface area contributed by atoms with E-state index in [0.29, 0.717) is 23.1 Å². The number of rotatable bonds is 4. The van der Waals surface area contributed by atoms with E-state index in [0.717, 1.165) is 0 Å². The van der Waals surface area contributed by atoms with Crippen molar-refractivity contribution in [1.82, 2.24) is 0 Å². The molecule has 0 aromatic heterocycles. The van der Waals surface area contributed by atoms with Crippen LogP contribution in [0.2, 0.25) is 0 Å². The molecule has 0 spiro atoms. The number of hydrogen-bond acceptors (Lipinski definition) is 3. The Hall–Kier alpha value is -1.38. The van der Waals surface area contributed by atoms with E-state index in [-0.39, 0.29) is 6.10 Å². The van der Waals surface area contributed by atoms with Gasteiger partial charge in [0, 0.05) is 0 Å². The maximum absolute atomic E-state index is 5.89. The molecule has 0 saturated carbocycles. The molecule has 0 fully saturated rings. The van der Waals surface area contributed by atoms with Crippen molar-refractivity contribution in [2.24, 2.45) is 5.92 Å². The van der Waals surface area contributed by atoms with E-state index in [2.05, 4.69) is 13.8 Å². The summed E-state index contributed by atoms with van der Waals surface area (Å²) in [6.07, 6.45) is 0.138. The lowest BCUT2D eigenvalue weighted by Crippen LogP contribution is -2.19. The quantitative estimate of drug-likeness (QED) is 0.775. The Labute approximate surface area is 91.2 Å². The van der Waals surface area contributed by atoms with E-state index in [9.17, 15) is 0 Å². The van der Waals surface area contributed by atoms with Crippen LogP contribution in [0.1, 0.15) is 20.8 Å². The predicted octanol–water partition coefficient (Wildman–Crippen LogP) is 2.70. The molecule has 15 heavy (non-hydrogen) atoms. The monoisotopic (exact) mass is 209 g/mol. The van der Waals surface area contributed by atoms with E-state index in [4.69, 9.17) is 15.2 Å². The molecule has 0 aliphatic carbocycles. The first-order chi connectivity index (χ1) is 7.06. The minimum Gasteiger partial charge on any atom is -0.494 e. The van der Waals surface area contributed by atoms with Gasteiger partial charge in [0.1, 0.15) is 17.2 Å². The van der Waals surface area contributed by atoms with Crippen molar-refractivity contribution in [3.8, 4) is 11.5 Å². The molecule has 1 atom stereocenters. The van der Waals surface area contributed by atoms with E-state index in [1.54, 1.807) is 7.11 Å². The van der Waals surface area contributed by atoms with E-state index in [1.165, 1.54) is 0 Å². The number of para-hydroxylation sites is 1. The molecule has 0 aliphatic rings. The summed E-state index contributed by atoms with van der Waals surface area (Å²) in [6.45, 7) is 6.26. The van der Waals surface area contributed by atoms with Gasteiger partial charge in [-0.2, -0.15) is 0 Å². The molecule has 1 rings (SSSR count). The van der Waals surface area contributed by atoms with Crippen molar-refractivity contribution in [2.45, 2.75) is 26.9 Å². The van der Waals surface area contributed by atoms with Crippen LogP contribution in [0.25, 0.3) is 0 Å². The van der Waals surface area contributed by atoms with Crippen molar-refractivity contribution < 1.29 is 9.47 Å². The maximum Gasteiger partial charge on any atom is 0.146 e. The molecule has 84 valence electrons. The van der Waals surface area contributed by atoms with Crippen LogP contribution in [0.4, 0.5) is 5.69 Å². The molecule has 3 heteroatoms. The summed E-state index contributed by atoms with van der Waals surface area (Å²) < 4.78 is 10.9. The predicted molar refractivity (Wildman–Crippen MR) is 62.3 cm³/mol. The highest BCUT2D eigenvalue weighted by Crippen LogP contribution is 2.32. The van der Waals surface area contributed by atoms with Crippen molar-refractivity contribution in [1.29, 1.82) is 0 Å². The fraction of sp³-hybridized carbons (Fsp3) is 0.500. The van der Waals surface area contributed by atoms with Gasteiger partial charge < -0.3 is 15.2 Å². The molecule has 2 N–H and O–H groups in total. The van der Waals surface area contributed by atoms with Crippen molar-refractivity contribution in [3.05, 3.63) is 18.2 Å². The van der Waals surface area contributed by atoms with Crippen molar-refractivity contribution in [2.75, 3.05) is 12.8 Å². The van der Waals surface area contributed by atoms with Crippen LogP contribution in [-0.2, 0) is 0 Å². The molecule has 0 amide bonds. The number of nitrogen functional groups attached to an aromatic ring is 1. The summed E-state index contributed by atoms with van der Waals surface area (Å²) in [4.78, 5) is 0. The first kappa shape index (κ1) is 11.7. The molecule has 1 unspecified atom stereocenters. The van der Waals surface area contributed by atoms with Gasteiger partial charge in [0.05, 0.1) is 13.2 Å². The number of anilines is 1. The van der Waals surface area contributed by atoms with E-state index < -0.39 is 0 Å². The average molecular weight is 209 g/mol. The summed E-state index contributed by atoms with van der Waals surface area (Å²) in [6, 6.07) is 5.55. The average Bonchev–Trinajstić information content (AvgIpc) is 2.21. The second-order valence-corrected chi connectivity index (χ2v) is 3.94. The Balaban J connectivity index is 2.86. The molecule has 1 aromatic carbocycles. The Morgan fingerprint density at radius 2 is 1.73 bits per heavy atom. The molecule has 0 aliphatic heterocycles. The van der Waals surface area contributed by atoms with Gasteiger partial charge in [0.15, 0.2) is 0 Å². The standard InChI is InChI=1S/C12H19NO2/c1-8(2)9(3)15-11-7-5-6-10(14-4)12(11)13/h5-9H,13H2,1-4H3. The van der Waals surface area contributed by atoms with Crippen LogP contribution in [0.3, 0.4) is 0 Å². The normalized spacial score (nSPS) is 12.6. The zero-order chi connectivity index (χ0) is 11.4. The first-order valence-electron chi connectivity index (χ1n) is 5.15. The number of nitrogens with two attached hydrogens (primary N) is 1. The summed E-state index contributed by atoms with van der Waals surface area (Å²) >= 11 is 0. The summed E-state index contributed by atoms with van der Waals surface area (Å²) in [5.74, 6) is 1.80. The van der Waals surface area contributed by atoms with Gasteiger partial charge in [-0.05, 0) is 25.0 Å². The Morgan fingerprint density at radius 1 is 1.13 bits per heavy atom. The van der Waals surface area contributed by atoms with Crippen LogP contribution in [0, 0.1) is 5.92 Å². The highest BCUT2D eigenvalue weighted by atomic mass is 16.5. The molecule has 0 bridgehead atoms. The number of ether oxygens (including phenoxy) is 2. The molecular formula is C12H19NO2. The third-order valence-corrected chi connectivity index (χ3v) is 2.50. The minimum atomic E-state index is 0.138. The fourth-order valence-electron chi connectivity index (χ4n) is 1.14. The fourth-order valence-corrected chi connectivity index (χ4v) is 1.14. The van der Waals surface area contributed by atoms with Gasteiger partial charge in [0.25, 0.3) is 0 Å². The first-order valence-corrected chi connectivity index (χ1v) is 5.15. The van der Waals surface area contributed by atoms with Gasteiger partial charge in [-0.25, -0.2) is 0 Å². The minimum absolute atomic E-state index is 0.138. The van der Waals surface area contributed by atoms with Crippen molar-refractivity contribution in [3.63, 3.8) is 0 Å². The summed E-state index contributed by atoms with van der Waals surface area (Å²) in [7, 11) is 1.60. The van der Waals surface area contributed by atoms with E-state index in [1.807, 2.05) is 25.1 Å². The van der Waals surface area contributed by atoms with Crippen LogP contribution >= 0.6 is 0 Å². The molecule has 3 nitrogen and oxygen atoms in total. The molecule has 1 aromatic rings. The third-order valence-electron chi connectivity index (χ3n) is 2.50. The highest BCUT2D eigenvalue weighted by Gasteiger charge is 2.12. The number of methoxy groups -OCH3 is 1. The lowest BCUT2D eigenvalue weighted by molar-refractivity contribution is 0.171. The maximum atomic E-state index is 5.89. The second kappa shape index (κ2) is 4.91. The second-order valence-electron chi connectivity index (χ2n) is 3.94. The third kappa shape index (κ3) is 2.78. The van der Waals surface area contributed by atoms with Gasteiger partial charge in [-0.3, -0.25) is 0 Å². The number of hydrogen-bond donors (Lipinski definition) is 1. The Kier molecular flexibility index (Phi) is 3.83. The Morgan fingerprint density at radius 3 is 2.27 bits per heavy atom. The van der Waals surface area contributed by atoms with Gasteiger partial charge in [-0.15, -0.1) is 0 Å². The summed E-state index contributed by atoms with van der Waals surface area (Å²) in [5.41, 5.74) is 6.45. The SMILES string of the molecule is COc1cccc(OC(C)C(C)C)c1N. The van der Waals surface area contributed by atoms with Crippen LogP contribution in [-0.4, -0.2) is 13.2 Å². The van der Waals surface area contributed by atoms with Crippen LogP contribution in [0.15, 0.2) is 18.2 Å². The molecular weight excluding hydrogens is 190 g/mol. The molecule has 0 heterocycles. The molecule has 0 saturated heterocycles. The lowest BCUT2D eigenvalue weighted by Gasteiger charge is -2.19. The van der Waals surface area contributed by atoms with E-state index >= 15 is 0 Å². The highest BCUT2D eigenvalue weighted by molar-refractivity contribution is 5.62. The van der Waals surface area contributed by atoms with Gasteiger partial charge >= 0.3 is 0 Å². The van der Waals surface area contributed by atoms with Crippen LogP contribution in [0.5, 0.6) is 11.5 Å². The smallest absolute Gasteiger partial charge is 0.146 e. The molecule has 0 radical (unpaired) electrons. The van der Waals surface area contributed by atoms with Gasteiger partial charge in [0.2, 0.25) is 0 Å². The van der Waals surface area contributed by atoms with Gasteiger partial charge in [-0.1, -0.05) is 19.9 Å². The zero-order valence-electron chi connectivity index (χ0n) is 9.78. The zero-order valence-corrected chi connectivity index (χ0v) is 9.78. The van der Waals surface area contributed by atoms with Crippen LogP contribution < -0.4 is 15.2 Å². The summed E-state index contributed by atoms with van der Waals surface area (Å²) in [5, 5.41) is 0. The largest absolute Gasteiger partial charge is 0.494 e. The Bertz CT molecular complexity index is 323. The number of benzene rings is 1. The van der Waals surface area contributed by atoms with Crippen molar-refractivity contribution >= 4 is 5.69 Å². The topological polar surface area (TPSA) is 44.5 Å².